The third kappa shape index (κ3) is 7.12. The maximum atomic E-state index is 11.7. The van der Waals surface area contributed by atoms with Gasteiger partial charge in [0, 0.05) is 12.3 Å². The summed E-state index contributed by atoms with van der Waals surface area (Å²) in [6.45, 7) is 6.07. The SMILES string of the molecule is CC(=O)OCCOCCOC(=O)Oc1ccc(C(C)(C)c2ccc(O)cc2)cc1. The van der Waals surface area contributed by atoms with Gasteiger partial charge in [-0.15, -0.1) is 0 Å². The lowest BCUT2D eigenvalue weighted by Gasteiger charge is -2.26. The molecule has 2 aromatic carbocycles. The molecule has 29 heavy (non-hydrogen) atoms. The lowest BCUT2D eigenvalue weighted by atomic mass is 9.78. The summed E-state index contributed by atoms with van der Waals surface area (Å²) in [5.74, 6) is 0.225. The second kappa shape index (κ2) is 10.5. The summed E-state index contributed by atoms with van der Waals surface area (Å²) in [6, 6.07) is 14.2. The fraction of sp³-hybridized carbons (Fsp3) is 0.364. The summed E-state index contributed by atoms with van der Waals surface area (Å²) in [5, 5.41) is 9.46. The zero-order valence-corrected chi connectivity index (χ0v) is 16.8. The molecule has 0 aliphatic carbocycles. The molecule has 0 heterocycles. The Bertz CT molecular complexity index is 795. The van der Waals surface area contributed by atoms with Gasteiger partial charge in [-0.2, -0.15) is 0 Å². The van der Waals surface area contributed by atoms with Gasteiger partial charge < -0.3 is 24.1 Å². The Morgan fingerprint density at radius 3 is 1.90 bits per heavy atom. The highest BCUT2D eigenvalue weighted by atomic mass is 16.7. The van der Waals surface area contributed by atoms with E-state index in [1.165, 1.54) is 6.92 Å². The predicted molar refractivity (Wildman–Crippen MR) is 106 cm³/mol. The van der Waals surface area contributed by atoms with Gasteiger partial charge >= 0.3 is 12.1 Å². The minimum Gasteiger partial charge on any atom is -0.508 e. The monoisotopic (exact) mass is 402 g/mol. The Morgan fingerprint density at radius 2 is 1.34 bits per heavy atom. The third-order valence-electron chi connectivity index (χ3n) is 4.35. The largest absolute Gasteiger partial charge is 0.513 e. The van der Waals surface area contributed by atoms with E-state index < -0.39 is 6.16 Å². The molecule has 0 unspecified atom stereocenters. The molecule has 0 aromatic heterocycles. The van der Waals surface area contributed by atoms with Crippen LogP contribution in [0.4, 0.5) is 4.79 Å². The molecule has 7 nitrogen and oxygen atoms in total. The first-order valence-electron chi connectivity index (χ1n) is 9.25. The molecule has 0 amide bonds. The molecule has 0 aliphatic rings. The van der Waals surface area contributed by atoms with Crippen LogP contribution in [0.1, 0.15) is 31.9 Å². The van der Waals surface area contributed by atoms with Crippen molar-refractivity contribution >= 4 is 12.1 Å². The van der Waals surface area contributed by atoms with Gasteiger partial charge in [0.1, 0.15) is 24.7 Å². The van der Waals surface area contributed by atoms with Gasteiger partial charge in [0.2, 0.25) is 0 Å². The lowest BCUT2D eigenvalue weighted by molar-refractivity contribution is -0.142. The van der Waals surface area contributed by atoms with Crippen LogP contribution in [-0.2, 0) is 24.4 Å². The Balaban J connectivity index is 1.79. The molecule has 0 atom stereocenters. The zero-order chi connectivity index (χ0) is 21.3. The molecule has 2 rings (SSSR count). The van der Waals surface area contributed by atoms with E-state index in [9.17, 15) is 14.7 Å². The number of phenolic OH excluding ortho intramolecular Hbond substituents is 1. The van der Waals surface area contributed by atoms with Crippen LogP contribution >= 0.6 is 0 Å². The molecule has 0 radical (unpaired) electrons. The molecule has 0 aliphatic heterocycles. The van der Waals surface area contributed by atoms with E-state index >= 15 is 0 Å². The fourth-order valence-electron chi connectivity index (χ4n) is 2.64. The van der Waals surface area contributed by atoms with E-state index in [1.54, 1.807) is 24.3 Å². The molecule has 7 heteroatoms. The maximum Gasteiger partial charge on any atom is 0.513 e. The van der Waals surface area contributed by atoms with Crippen molar-refractivity contribution in [1.29, 1.82) is 0 Å². The summed E-state index contributed by atoms with van der Waals surface area (Å²) in [7, 11) is 0. The summed E-state index contributed by atoms with van der Waals surface area (Å²) in [4.78, 5) is 22.3. The van der Waals surface area contributed by atoms with Gasteiger partial charge in [-0.25, -0.2) is 4.79 Å². The van der Waals surface area contributed by atoms with Crippen LogP contribution in [0.15, 0.2) is 48.5 Å². The third-order valence-corrected chi connectivity index (χ3v) is 4.35. The average molecular weight is 402 g/mol. The average Bonchev–Trinajstić information content (AvgIpc) is 2.68. The number of hydrogen-bond acceptors (Lipinski definition) is 7. The quantitative estimate of drug-likeness (QED) is 0.387. The van der Waals surface area contributed by atoms with E-state index in [4.69, 9.17) is 18.9 Å². The van der Waals surface area contributed by atoms with E-state index in [1.807, 2.05) is 24.3 Å². The number of carbonyl (C=O) groups is 2. The van der Waals surface area contributed by atoms with Gasteiger partial charge in [-0.3, -0.25) is 4.79 Å². The van der Waals surface area contributed by atoms with Gasteiger partial charge in [0.15, 0.2) is 0 Å². The van der Waals surface area contributed by atoms with Crippen LogP contribution in [0.2, 0.25) is 0 Å². The van der Waals surface area contributed by atoms with Crippen LogP contribution in [0.3, 0.4) is 0 Å². The van der Waals surface area contributed by atoms with E-state index in [0.717, 1.165) is 11.1 Å². The van der Waals surface area contributed by atoms with Crippen LogP contribution < -0.4 is 4.74 Å². The van der Waals surface area contributed by atoms with Crippen molar-refractivity contribution in [1.82, 2.24) is 0 Å². The van der Waals surface area contributed by atoms with Crippen molar-refractivity contribution in [2.24, 2.45) is 0 Å². The summed E-state index contributed by atoms with van der Waals surface area (Å²) in [5.41, 5.74) is 1.80. The number of ether oxygens (including phenoxy) is 4. The topological polar surface area (TPSA) is 91.3 Å². The van der Waals surface area contributed by atoms with Crippen molar-refractivity contribution in [2.75, 3.05) is 26.4 Å². The van der Waals surface area contributed by atoms with Crippen molar-refractivity contribution in [3.05, 3.63) is 59.7 Å². The first kappa shape index (κ1) is 22.2. The number of hydrogen-bond donors (Lipinski definition) is 1. The summed E-state index contributed by atoms with van der Waals surface area (Å²) in [6.07, 6.45) is -0.820. The maximum absolute atomic E-state index is 11.7. The Kier molecular flexibility index (Phi) is 8.03. The minimum absolute atomic E-state index is 0.0326. The Labute approximate surface area is 170 Å². The molecule has 156 valence electrons. The molecular weight excluding hydrogens is 376 g/mol. The van der Waals surface area contributed by atoms with E-state index in [0.29, 0.717) is 5.75 Å². The number of carbonyl (C=O) groups excluding carboxylic acids is 2. The second-order valence-corrected chi connectivity index (χ2v) is 6.85. The lowest BCUT2D eigenvalue weighted by Crippen LogP contribution is -2.19. The molecule has 1 N–H and O–H groups in total. The van der Waals surface area contributed by atoms with Gasteiger partial charge in [0.25, 0.3) is 0 Å². The molecule has 2 aromatic rings. The number of phenols is 1. The highest BCUT2D eigenvalue weighted by molar-refractivity contribution is 5.65. The number of aromatic hydroxyl groups is 1. The van der Waals surface area contributed by atoms with Crippen molar-refractivity contribution in [2.45, 2.75) is 26.2 Å². The minimum atomic E-state index is -0.820. The van der Waals surface area contributed by atoms with Gasteiger partial charge in [-0.05, 0) is 35.4 Å². The first-order valence-corrected chi connectivity index (χ1v) is 9.25. The van der Waals surface area contributed by atoms with Gasteiger partial charge in [0.05, 0.1) is 13.2 Å². The Morgan fingerprint density at radius 1 is 0.828 bits per heavy atom. The van der Waals surface area contributed by atoms with E-state index in [-0.39, 0.29) is 43.6 Å². The Hall–Kier alpha value is -3.06. The van der Waals surface area contributed by atoms with Crippen molar-refractivity contribution in [3.8, 4) is 11.5 Å². The van der Waals surface area contributed by atoms with Crippen molar-refractivity contribution in [3.63, 3.8) is 0 Å². The highest BCUT2D eigenvalue weighted by Gasteiger charge is 2.23. The number of rotatable bonds is 9. The smallest absolute Gasteiger partial charge is 0.508 e. The van der Waals surface area contributed by atoms with Crippen LogP contribution in [0.25, 0.3) is 0 Å². The zero-order valence-electron chi connectivity index (χ0n) is 16.8. The van der Waals surface area contributed by atoms with Crippen LogP contribution in [-0.4, -0.2) is 43.7 Å². The molecular formula is C22H26O7. The second-order valence-electron chi connectivity index (χ2n) is 6.85. The molecule has 0 fully saturated rings. The molecule has 0 saturated carbocycles. The van der Waals surface area contributed by atoms with Crippen molar-refractivity contribution < 1.29 is 33.6 Å². The fourth-order valence-corrected chi connectivity index (χ4v) is 2.64. The number of benzene rings is 2. The predicted octanol–water partition coefficient (Wildman–Crippen LogP) is 3.81. The standard InChI is InChI=1S/C22H26O7/c1-16(23)27-14-12-26-13-15-28-21(25)29-20-10-6-18(7-11-20)22(2,3)17-4-8-19(24)9-5-17/h4-11,24H,12-15H2,1-3H3. The van der Waals surface area contributed by atoms with Gasteiger partial charge in [-0.1, -0.05) is 38.1 Å². The van der Waals surface area contributed by atoms with Crippen LogP contribution in [0.5, 0.6) is 11.5 Å². The van der Waals surface area contributed by atoms with Crippen LogP contribution in [0, 0.1) is 0 Å². The van der Waals surface area contributed by atoms with E-state index in [2.05, 4.69) is 13.8 Å². The first-order chi connectivity index (χ1) is 13.8. The molecule has 0 saturated heterocycles. The molecule has 0 spiro atoms. The molecule has 0 bridgehead atoms. The number of esters is 1. The summed E-state index contributed by atoms with van der Waals surface area (Å²) < 4.78 is 19.9. The highest BCUT2D eigenvalue weighted by Crippen LogP contribution is 2.33. The normalized spacial score (nSPS) is 11.0. The summed E-state index contributed by atoms with van der Waals surface area (Å²) >= 11 is 0.